The number of ether oxygens (including phenoxy) is 1. The highest BCUT2D eigenvalue weighted by Crippen LogP contribution is 2.06. The average molecular weight is 347 g/mol. The Labute approximate surface area is 143 Å². The minimum absolute atomic E-state index is 0.168. The number of nitrogens with zero attached hydrogens (tertiary/aromatic N) is 1. The number of hydrogen-bond acceptors (Lipinski definition) is 5. The molecule has 0 saturated heterocycles. The van der Waals surface area contributed by atoms with Crippen LogP contribution in [0, 0.1) is 0 Å². The molecule has 0 radical (unpaired) electrons. The Morgan fingerprint density at radius 1 is 1.16 bits per heavy atom. The highest BCUT2D eigenvalue weighted by Gasteiger charge is 2.10. The Bertz CT molecular complexity index is 868. The van der Waals surface area contributed by atoms with Crippen molar-refractivity contribution in [3.63, 3.8) is 0 Å². The maximum absolute atomic E-state index is 12.0. The summed E-state index contributed by atoms with van der Waals surface area (Å²) < 4.78 is 5.79. The maximum atomic E-state index is 12.0. The van der Waals surface area contributed by atoms with Gasteiger partial charge in [0.25, 0.3) is 5.56 Å². The number of aromatic nitrogens is 2. The molecule has 0 aliphatic heterocycles. The highest BCUT2D eigenvalue weighted by atomic mass is 16.5. The van der Waals surface area contributed by atoms with Gasteiger partial charge < -0.3 is 10.1 Å². The zero-order valence-electron chi connectivity index (χ0n) is 14.0. The number of amides is 1. The van der Waals surface area contributed by atoms with Crippen molar-refractivity contribution in [3.05, 3.63) is 45.1 Å². The molecule has 0 spiro atoms. The predicted molar refractivity (Wildman–Crippen MR) is 92.3 cm³/mol. The number of aromatic amines is 1. The van der Waals surface area contributed by atoms with Crippen molar-refractivity contribution in [1.82, 2.24) is 14.9 Å². The Balaban J connectivity index is 1.89. The molecule has 0 fully saturated rings. The number of benzene rings is 1. The van der Waals surface area contributed by atoms with Crippen molar-refractivity contribution < 1.29 is 14.3 Å². The van der Waals surface area contributed by atoms with E-state index in [9.17, 15) is 19.2 Å². The molecule has 1 amide bonds. The third-order valence-electron chi connectivity index (χ3n) is 3.81. The Morgan fingerprint density at radius 3 is 2.68 bits per heavy atom. The van der Waals surface area contributed by atoms with E-state index in [4.69, 9.17) is 0 Å². The van der Waals surface area contributed by atoms with Crippen LogP contribution in [0.1, 0.15) is 25.7 Å². The van der Waals surface area contributed by atoms with E-state index in [1.54, 1.807) is 24.3 Å². The van der Waals surface area contributed by atoms with E-state index in [1.807, 2.05) is 0 Å². The van der Waals surface area contributed by atoms with Crippen LogP contribution in [0.4, 0.5) is 0 Å². The Morgan fingerprint density at radius 2 is 1.92 bits per heavy atom. The number of fused-ring (bicyclic) bond motifs is 1. The zero-order valence-corrected chi connectivity index (χ0v) is 14.0. The molecule has 25 heavy (non-hydrogen) atoms. The van der Waals surface area contributed by atoms with Crippen LogP contribution in [-0.4, -0.2) is 35.1 Å². The van der Waals surface area contributed by atoms with Crippen molar-refractivity contribution in [2.75, 3.05) is 13.7 Å². The first-order chi connectivity index (χ1) is 12.0. The van der Waals surface area contributed by atoms with Gasteiger partial charge in [0.2, 0.25) is 5.91 Å². The molecule has 8 nitrogen and oxygen atoms in total. The number of para-hydroxylation sites is 1. The quantitative estimate of drug-likeness (QED) is 0.535. The lowest BCUT2D eigenvalue weighted by atomic mass is 10.2. The van der Waals surface area contributed by atoms with Crippen molar-refractivity contribution in [2.24, 2.45) is 0 Å². The summed E-state index contributed by atoms with van der Waals surface area (Å²) in [5.74, 6) is -0.555. The van der Waals surface area contributed by atoms with Gasteiger partial charge in [0.1, 0.15) is 6.54 Å². The van der Waals surface area contributed by atoms with E-state index in [1.165, 1.54) is 11.7 Å². The summed E-state index contributed by atoms with van der Waals surface area (Å²) in [6.45, 7) is 0.286. The first-order valence-electron chi connectivity index (χ1n) is 8.08. The molecule has 0 saturated carbocycles. The smallest absolute Gasteiger partial charge is 0.329 e. The molecular formula is C17H21N3O5. The lowest BCUT2D eigenvalue weighted by molar-refractivity contribution is -0.140. The van der Waals surface area contributed by atoms with Gasteiger partial charge >= 0.3 is 11.7 Å². The van der Waals surface area contributed by atoms with Gasteiger partial charge in [-0.3, -0.25) is 23.9 Å². The molecule has 1 heterocycles. The molecule has 0 atom stereocenters. The first-order valence-corrected chi connectivity index (χ1v) is 8.08. The van der Waals surface area contributed by atoms with Crippen LogP contribution in [0.25, 0.3) is 10.9 Å². The largest absolute Gasteiger partial charge is 0.469 e. The zero-order chi connectivity index (χ0) is 18.2. The molecule has 1 aromatic carbocycles. The molecule has 8 heteroatoms. The lowest BCUT2D eigenvalue weighted by Crippen LogP contribution is -2.36. The second kappa shape index (κ2) is 8.81. The molecule has 2 rings (SSSR count). The summed E-state index contributed by atoms with van der Waals surface area (Å²) in [5, 5.41) is 3.09. The second-order valence-corrected chi connectivity index (χ2v) is 5.60. The Hall–Kier alpha value is -2.90. The van der Waals surface area contributed by atoms with Gasteiger partial charge in [-0.25, -0.2) is 4.79 Å². The SMILES string of the molecule is COC(=O)CCCCCNC(=O)Cn1c(=O)[nH]c(=O)c2ccccc21. The third kappa shape index (κ3) is 5.03. The molecule has 134 valence electrons. The van der Waals surface area contributed by atoms with E-state index >= 15 is 0 Å². The van der Waals surface area contributed by atoms with Gasteiger partial charge in [-0.15, -0.1) is 0 Å². The lowest BCUT2D eigenvalue weighted by Gasteiger charge is -2.10. The van der Waals surface area contributed by atoms with E-state index in [0.717, 1.165) is 12.8 Å². The summed E-state index contributed by atoms with van der Waals surface area (Å²) in [6.07, 6.45) is 2.58. The van der Waals surface area contributed by atoms with Crippen molar-refractivity contribution >= 4 is 22.8 Å². The summed E-state index contributed by atoms with van der Waals surface area (Å²) in [4.78, 5) is 49.0. The standard InChI is InChI=1S/C17H21N3O5/c1-25-15(22)9-3-2-6-10-18-14(21)11-20-13-8-5-4-7-12(13)16(23)19-17(20)24/h4-5,7-8H,2-3,6,9-11H2,1H3,(H,18,21)(H,19,23,24). The Kier molecular flexibility index (Phi) is 6.50. The monoisotopic (exact) mass is 347 g/mol. The van der Waals surface area contributed by atoms with Crippen LogP contribution < -0.4 is 16.6 Å². The molecular weight excluding hydrogens is 326 g/mol. The number of unbranched alkanes of at least 4 members (excludes halogenated alkanes) is 2. The number of carbonyl (C=O) groups excluding carboxylic acids is 2. The predicted octanol–water partition coefficient (Wildman–Crippen LogP) is 0.539. The average Bonchev–Trinajstić information content (AvgIpc) is 2.61. The fraction of sp³-hybridized carbons (Fsp3) is 0.412. The van der Waals surface area contributed by atoms with Crippen LogP contribution in [0.2, 0.25) is 0 Å². The number of esters is 1. The second-order valence-electron chi connectivity index (χ2n) is 5.60. The van der Waals surface area contributed by atoms with Gasteiger partial charge in [-0.05, 0) is 25.0 Å². The van der Waals surface area contributed by atoms with E-state index < -0.39 is 11.2 Å². The normalized spacial score (nSPS) is 10.6. The third-order valence-corrected chi connectivity index (χ3v) is 3.81. The molecule has 0 aliphatic rings. The number of rotatable bonds is 8. The summed E-state index contributed by atoms with van der Waals surface area (Å²) in [6, 6.07) is 6.63. The summed E-state index contributed by atoms with van der Waals surface area (Å²) in [5.41, 5.74) is -0.663. The molecule has 0 bridgehead atoms. The number of hydrogen-bond donors (Lipinski definition) is 2. The number of methoxy groups -OCH3 is 1. The highest BCUT2D eigenvalue weighted by molar-refractivity contribution is 5.81. The molecule has 2 N–H and O–H groups in total. The molecule has 0 unspecified atom stereocenters. The van der Waals surface area contributed by atoms with Gasteiger partial charge in [0.15, 0.2) is 0 Å². The van der Waals surface area contributed by atoms with Crippen LogP contribution in [0.3, 0.4) is 0 Å². The van der Waals surface area contributed by atoms with Crippen molar-refractivity contribution in [1.29, 1.82) is 0 Å². The van der Waals surface area contributed by atoms with E-state index in [-0.39, 0.29) is 18.4 Å². The fourth-order valence-electron chi connectivity index (χ4n) is 2.50. The summed E-state index contributed by atoms with van der Waals surface area (Å²) >= 11 is 0. The van der Waals surface area contributed by atoms with Gasteiger partial charge in [0.05, 0.1) is 18.0 Å². The summed E-state index contributed by atoms with van der Waals surface area (Å²) in [7, 11) is 1.35. The van der Waals surface area contributed by atoms with Crippen LogP contribution >= 0.6 is 0 Å². The molecule has 0 aliphatic carbocycles. The molecule has 2 aromatic rings. The number of nitrogens with one attached hydrogen (secondary N) is 2. The van der Waals surface area contributed by atoms with Crippen LogP contribution in [-0.2, 0) is 20.9 Å². The van der Waals surface area contributed by atoms with Crippen molar-refractivity contribution in [3.8, 4) is 0 Å². The number of H-pyrrole nitrogens is 1. The van der Waals surface area contributed by atoms with Gasteiger partial charge in [0, 0.05) is 13.0 Å². The van der Waals surface area contributed by atoms with Gasteiger partial charge in [-0.1, -0.05) is 18.6 Å². The van der Waals surface area contributed by atoms with E-state index in [0.29, 0.717) is 30.3 Å². The molecule has 1 aromatic heterocycles. The van der Waals surface area contributed by atoms with Gasteiger partial charge in [-0.2, -0.15) is 0 Å². The topological polar surface area (TPSA) is 110 Å². The first kappa shape index (κ1) is 18.4. The van der Waals surface area contributed by atoms with Crippen LogP contribution in [0.5, 0.6) is 0 Å². The van der Waals surface area contributed by atoms with Crippen molar-refractivity contribution in [2.45, 2.75) is 32.2 Å². The minimum Gasteiger partial charge on any atom is -0.469 e. The maximum Gasteiger partial charge on any atom is 0.329 e. The number of carbonyl (C=O) groups is 2. The van der Waals surface area contributed by atoms with E-state index in [2.05, 4.69) is 15.0 Å². The fourth-order valence-corrected chi connectivity index (χ4v) is 2.50. The minimum atomic E-state index is -0.614. The van der Waals surface area contributed by atoms with Crippen LogP contribution in [0.15, 0.2) is 33.9 Å².